The second-order valence-electron chi connectivity index (χ2n) is 23.6. The number of nitrogens with one attached hydrogen (secondary N) is 2. The number of methoxy groups -OCH3 is 1. The van der Waals surface area contributed by atoms with Crippen molar-refractivity contribution in [1.82, 2.24) is 28.9 Å². The van der Waals surface area contributed by atoms with E-state index in [0.717, 1.165) is 90.7 Å². The van der Waals surface area contributed by atoms with Gasteiger partial charge in [0, 0.05) is 111 Å². The summed E-state index contributed by atoms with van der Waals surface area (Å²) in [4.78, 5) is 67.2. The molecule has 4 aliphatic rings. The van der Waals surface area contributed by atoms with Gasteiger partial charge in [-0.15, -0.1) is 0 Å². The summed E-state index contributed by atoms with van der Waals surface area (Å²) in [5.74, 6) is -1.22. The number of carbonyl (C=O) groups is 2. The second kappa shape index (κ2) is 32.5. The van der Waals surface area contributed by atoms with Crippen LogP contribution in [0.4, 0.5) is 28.9 Å². The molecular weight excluding hydrogens is 1340 g/mol. The third-order valence-corrected chi connectivity index (χ3v) is 17.0. The molecule has 0 unspecified atom stereocenters. The molecule has 8 heterocycles. The molecule has 4 aliphatic heterocycles. The molecule has 10 aromatic rings. The van der Waals surface area contributed by atoms with Crippen LogP contribution in [0.1, 0.15) is 40.5 Å². The largest absolute Gasteiger partial charge is 0.496 e. The lowest BCUT2D eigenvalue weighted by molar-refractivity contribution is 0.0356. The van der Waals surface area contributed by atoms with E-state index in [1.54, 1.807) is 31.2 Å². The number of morpholine rings is 2. The highest BCUT2D eigenvalue weighted by Gasteiger charge is 2.29. The first kappa shape index (κ1) is 70.0. The Bertz CT molecular complexity index is 4860. The molecule has 0 radical (unpaired) electrons. The van der Waals surface area contributed by atoms with Crippen LogP contribution in [0.2, 0.25) is 0 Å². The van der Waals surface area contributed by atoms with Crippen molar-refractivity contribution in [3.63, 3.8) is 0 Å². The first-order chi connectivity index (χ1) is 50.3. The third-order valence-electron chi connectivity index (χ3n) is 17.0. The normalized spacial score (nSPS) is 14.2. The molecule has 28 heteroatoms. The molecular formula is C75H70F4N8O16. The molecule has 0 aliphatic carbocycles. The summed E-state index contributed by atoms with van der Waals surface area (Å²) in [6.07, 6.45) is 7.54. The fraction of sp³-hybridized carbons (Fsp3) is 0.280. The predicted octanol–water partition coefficient (Wildman–Crippen LogP) is 11.6. The molecule has 0 bridgehead atoms. The highest BCUT2D eigenvalue weighted by atomic mass is 19.1. The van der Waals surface area contributed by atoms with Crippen molar-refractivity contribution in [2.45, 2.75) is 19.8 Å². The van der Waals surface area contributed by atoms with E-state index in [9.17, 15) is 28.0 Å². The number of amides is 2. The van der Waals surface area contributed by atoms with Crippen molar-refractivity contribution in [2.24, 2.45) is 0 Å². The van der Waals surface area contributed by atoms with Crippen molar-refractivity contribution >= 4 is 45.0 Å². The number of ether oxygens (including phenoxy) is 12. The van der Waals surface area contributed by atoms with E-state index in [4.69, 9.17) is 56.8 Å². The van der Waals surface area contributed by atoms with Crippen molar-refractivity contribution < 1.29 is 84.0 Å². The Balaban J connectivity index is 0.000000183. The minimum Gasteiger partial charge on any atom is -0.496 e. The maximum Gasteiger partial charge on any atom is 0.271 e. The first-order valence-corrected chi connectivity index (χ1v) is 33.3. The highest BCUT2D eigenvalue weighted by molar-refractivity contribution is 6.07. The number of hydrogen-bond acceptors (Lipinski definition) is 20. The van der Waals surface area contributed by atoms with Crippen LogP contribution < -0.4 is 69.1 Å². The molecule has 4 aromatic heterocycles. The average Bonchev–Trinajstić information content (AvgIpc) is 0.767. The van der Waals surface area contributed by atoms with Gasteiger partial charge in [-0.25, -0.2) is 17.6 Å². The smallest absolute Gasteiger partial charge is 0.271 e. The lowest BCUT2D eigenvalue weighted by Crippen LogP contribution is -2.37. The first-order valence-electron chi connectivity index (χ1n) is 33.3. The number of aromatic nitrogens is 4. The Hall–Kier alpha value is -11.5. The average molecular weight is 1420 g/mol. The van der Waals surface area contributed by atoms with E-state index in [1.807, 2.05) is 0 Å². The summed E-state index contributed by atoms with van der Waals surface area (Å²) in [7, 11) is 1.32. The maximum atomic E-state index is 15.6. The molecule has 24 nitrogen and oxygen atoms in total. The fourth-order valence-corrected chi connectivity index (χ4v) is 12.0. The van der Waals surface area contributed by atoms with Crippen molar-refractivity contribution in [3.8, 4) is 80.4 Å². The summed E-state index contributed by atoms with van der Waals surface area (Å²) in [6, 6.07) is 27.8. The molecule has 6 aromatic carbocycles. The molecule has 2 N–H and O–H groups in total. The zero-order valence-corrected chi connectivity index (χ0v) is 56.0. The number of anilines is 2. The van der Waals surface area contributed by atoms with Gasteiger partial charge in [0.1, 0.15) is 72.2 Å². The van der Waals surface area contributed by atoms with Gasteiger partial charge in [0.25, 0.3) is 22.9 Å². The van der Waals surface area contributed by atoms with Crippen LogP contribution in [0, 0.1) is 23.3 Å². The van der Waals surface area contributed by atoms with Crippen LogP contribution in [0.15, 0.2) is 156 Å². The van der Waals surface area contributed by atoms with Crippen LogP contribution in [0.25, 0.3) is 33.2 Å². The van der Waals surface area contributed by atoms with E-state index in [-0.39, 0.29) is 63.6 Å². The van der Waals surface area contributed by atoms with Gasteiger partial charge in [-0.3, -0.25) is 48.1 Å². The van der Waals surface area contributed by atoms with E-state index >= 15 is 8.78 Å². The number of hydrogen-bond donors (Lipinski definition) is 2. The lowest BCUT2D eigenvalue weighted by Gasteiger charge is -2.26. The third kappa shape index (κ3) is 16.2. The minimum absolute atomic E-state index is 0.0110. The second-order valence-corrected chi connectivity index (χ2v) is 23.6. The summed E-state index contributed by atoms with van der Waals surface area (Å²) in [5, 5.41) is 6.10. The summed E-state index contributed by atoms with van der Waals surface area (Å²) < 4.78 is 131. The van der Waals surface area contributed by atoms with Crippen molar-refractivity contribution in [3.05, 3.63) is 201 Å². The van der Waals surface area contributed by atoms with Crippen LogP contribution in [-0.2, 0) is 9.47 Å². The number of nitrogens with zero attached hydrogens (tertiary/aromatic N) is 6. The maximum absolute atomic E-state index is 15.6. The standard InChI is InChI=1S/C38H36F2N4O8.C37H34F2N4O8/c1-2-48-30-11-14-44(26-7-4-24(39)5-8-26)38(46)34(30)37(45)42-25-6-9-29(27(40)22-25)52-31-10-12-41-28-23-32(35-36(33(28)31)51-21-20-50-35)49-17-3-13-43-15-18-47-19-16-43;1-46-29-10-13-43(25-6-3-23(38)4-7-25)37(45)33(29)36(44)41-24-5-8-28(26(39)21-24)51-30-9-11-40-27-22-31(34-35(32(27)30)50-20-19-49-34)48-16-2-12-42-14-17-47-18-15-42/h4-12,14,22-23H,2-3,13,15-21H2,1H3,(H,42,45);3-11,13,21-22H,2,12,14-20H2,1H3,(H,41,44). The van der Waals surface area contributed by atoms with Crippen LogP contribution in [-0.4, -0.2) is 160 Å². The topological polar surface area (TPSA) is 245 Å². The van der Waals surface area contributed by atoms with Gasteiger partial charge < -0.3 is 67.5 Å². The number of halogens is 4. The summed E-state index contributed by atoms with van der Waals surface area (Å²) in [5.41, 5.74) is -0.190. The molecule has 0 saturated carbocycles. The predicted molar refractivity (Wildman–Crippen MR) is 371 cm³/mol. The molecule has 2 fully saturated rings. The molecule has 534 valence electrons. The van der Waals surface area contributed by atoms with Crippen LogP contribution >= 0.6 is 0 Å². The van der Waals surface area contributed by atoms with Gasteiger partial charge in [0.05, 0.1) is 75.2 Å². The number of carbonyl (C=O) groups excluding carboxylic acids is 2. The van der Waals surface area contributed by atoms with E-state index in [1.165, 1.54) is 126 Å². The van der Waals surface area contributed by atoms with Gasteiger partial charge >= 0.3 is 0 Å². The lowest BCUT2D eigenvalue weighted by atomic mass is 10.1. The number of fused-ring (bicyclic) bond motifs is 6. The Morgan fingerprint density at radius 2 is 0.883 bits per heavy atom. The zero-order chi connectivity index (χ0) is 71.3. The van der Waals surface area contributed by atoms with Gasteiger partial charge in [-0.2, -0.15) is 0 Å². The molecule has 103 heavy (non-hydrogen) atoms. The van der Waals surface area contributed by atoms with E-state index < -0.39 is 46.2 Å². The quantitative estimate of drug-likeness (QED) is 0.0446. The molecule has 2 saturated heterocycles. The Morgan fingerprint density at radius 1 is 0.466 bits per heavy atom. The van der Waals surface area contributed by atoms with Gasteiger partial charge in [-0.1, -0.05) is 0 Å². The SMILES string of the molecule is CCOc1ccn(-c2ccc(F)cc2)c(=O)c1C(=O)Nc1ccc(Oc2ccnc3cc(OCCCN4CCOCC4)c4c(c23)OCCO4)c(F)c1.COc1ccn(-c2ccc(F)cc2)c(=O)c1C(=O)Nc1ccc(Oc2ccnc3cc(OCCCN4CCOCC4)c4c(c23)OCCO4)c(F)c1. The van der Waals surface area contributed by atoms with Gasteiger partial charge in [0.2, 0.25) is 11.5 Å². The highest BCUT2D eigenvalue weighted by Crippen LogP contribution is 2.50. The summed E-state index contributed by atoms with van der Waals surface area (Å²) >= 11 is 0. The minimum atomic E-state index is -0.829. The van der Waals surface area contributed by atoms with Gasteiger partial charge in [0.15, 0.2) is 46.1 Å². The fourth-order valence-electron chi connectivity index (χ4n) is 12.0. The monoisotopic (exact) mass is 1410 g/mol. The molecule has 0 atom stereocenters. The van der Waals surface area contributed by atoms with Crippen LogP contribution in [0.3, 0.4) is 0 Å². The Labute approximate surface area is 586 Å². The van der Waals surface area contributed by atoms with Crippen molar-refractivity contribution in [2.75, 3.05) is 130 Å². The molecule has 14 rings (SSSR count). The van der Waals surface area contributed by atoms with E-state index in [2.05, 4.69) is 30.4 Å². The molecule has 2 amide bonds. The number of pyridine rings is 4. The zero-order valence-electron chi connectivity index (χ0n) is 56.0. The number of benzene rings is 6. The molecule has 0 spiro atoms. The van der Waals surface area contributed by atoms with Crippen molar-refractivity contribution in [1.29, 1.82) is 0 Å². The Kier molecular flexibility index (Phi) is 22.1. The summed E-state index contributed by atoms with van der Waals surface area (Å²) in [6.45, 7) is 12.4. The van der Waals surface area contributed by atoms with E-state index in [0.29, 0.717) is 107 Å². The Morgan fingerprint density at radius 3 is 1.30 bits per heavy atom. The number of rotatable bonds is 23. The van der Waals surface area contributed by atoms with Crippen LogP contribution in [0.5, 0.6) is 69.0 Å². The van der Waals surface area contributed by atoms with Gasteiger partial charge in [-0.05, 0) is 117 Å².